The lowest BCUT2D eigenvalue weighted by atomic mass is 9.87. The molecule has 0 saturated heterocycles. The lowest BCUT2D eigenvalue weighted by Gasteiger charge is -2.34. The maximum absolute atomic E-state index is 13.9. The third-order valence-electron chi connectivity index (χ3n) is 6.35. The molecule has 0 aromatic heterocycles. The SMILES string of the molecule is Cc1cccc(CN(C(=O)COc2ccc(C(C)(C)C)cc2Br)[C@@H](Cc2ccccc2)C(=O)NC(C)(C)C)c1. The number of halogens is 1. The van der Waals surface area contributed by atoms with Crippen LogP contribution in [0.1, 0.15) is 63.8 Å². The summed E-state index contributed by atoms with van der Waals surface area (Å²) in [4.78, 5) is 29.2. The summed E-state index contributed by atoms with van der Waals surface area (Å²) in [5.41, 5.74) is 3.75. The number of nitrogens with one attached hydrogen (secondary N) is 1. The molecule has 0 radical (unpaired) electrons. The van der Waals surface area contributed by atoms with Crippen LogP contribution in [0, 0.1) is 6.92 Å². The van der Waals surface area contributed by atoms with Crippen molar-refractivity contribution >= 4 is 27.7 Å². The molecule has 5 nitrogen and oxygen atoms in total. The minimum Gasteiger partial charge on any atom is -0.483 e. The molecule has 3 aromatic rings. The number of carbonyl (C=O) groups excluding carboxylic acids is 2. The van der Waals surface area contributed by atoms with E-state index >= 15 is 0 Å². The molecule has 0 heterocycles. The van der Waals surface area contributed by atoms with Crippen molar-refractivity contribution in [3.05, 3.63) is 99.5 Å². The van der Waals surface area contributed by atoms with E-state index in [9.17, 15) is 9.59 Å². The van der Waals surface area contributed by atoms with Crippen LogP contribution in [0.3, 0.4) is 0 Å². The second kappa shape index (κ2) is 12.8. The summed E-state index contributed by atoms with van der Waals surface area (Å²) in [6.45, 7) is 14.4. The lowest BCUT2D eigenvalue weighted by molar-refractivity contribution is -0.143. The van der Waals surface area contributed by atoms with Gasteiger partial charge in [-0.2, -0.15) is 0 Å². The number of ether oxygens (including phenoxy) is 1. The molecule has 39 heavy (non-hydrogen) atoms. The van der Waals surface area contributed by atoms with Gasteiger partial charge in [0.25, 0.3) is 5.91 Å². The van der Waals surface area contributed by atoms with E-state index in [2.05, 4.69) is 42.0 Å². The molecule has 0 aliphatic heterocycles. The second-order valence-corrected chi connectivity index (χ2v) is 13.0. The highest BCUT2D eigenvalue weighted by Crippen LogP contribution is 2.31. The molecule has 0 aliphatic rings. The highest BCUT2D eigenvalue weighted by atomic mass is 79.9. The number of carbonyl (C=O) groups is 2. The molecule has 3 rings (SSSR count). The predicted octanol–water partition coefficient (Wildman–Crippen LogP) is 6.99. The first-order valence-corrected chi connectivity index (χ1v) is 14.2. The van der Waals surface area contributed by atoms with Crippen molar-refractivity contribution in [3.8, 4) is 5.75 Å². The van der Waals surface area contributed by atoms with E-state index in [4.69, 9.17) is 4.74 Å². The minimum absolute atomic E-state index is 0.00738. The molecule has 6 heteroatoms. The third-order valence-corrected chi connectivity index (χ3v) is 6.97. The Morgan fingerprint density at radius 1 is 0.897 bits per heavy atom. The number of hydrogen-bond acceptors (Lipinski definition) is 3. The summed E-state index contributed by atoms with van der Waals surface area (Å²) in [5.74, 6) is 0.141. The number of nitrogens with zero attached hydrogens (tertiary/aromatic N) is 1. The van der Waals surface area contributed by atoms with Gasteiger partial charge in [-0.05, 0) is 77.9 Å². The summed E-state index contributed by atoms with van der Waals surface area (Å²) < 4.78 is 6.81. The van der Waals surface area contributed by atoms with Gasteiger partial charge in [0.2, 0.25) is 5.91 Å². The van der Waals surface area contributed by atoms with Crippen LogP contribution in [0.15, 0.2) is 77.3 Å². The molecule has 0 bridgehead atoms. The van der Waals surface area contributed by atoms with Crippen LogP contribution in [0.5, 0.6) is 5.75 Å². The number of amides is 2. The lowest BCUT2D eigenvalue weighted by Crippen LogP contribution is -2.55. The van der Waals surface area contributed by atoms with Gasteiger partial charge in [-0.25, -0.2) is 0 Å². The van der Waals surface area contributed by atoms with Gasteiger partial charge in [-0.3, -0.25) is 9.59 Å². The van der Waals surface area contributed by atoms with Crippen LogP contribution in [0.2, 0.25) is 0 Å². The maximum atomic E-state index is 13.9. The fourth-order valence-electron chi connectivity index (χ4n) is 4.32. The standard InChI is InChI=1S/C33H41BrN2O3/c1-23-12-11-15-25(18-23)21-36(28(31(38)35-33(5,6)7)19-24-13-9-8-10-14-24)30(37)22-39-29-17-16-26(20-27(29)34)32(2,3)4/h8-18,20,28H,19,21-22H2,1-7H3,(H,35,38)/t28-/m0/s1. The molecule has 2 amide bonds. The zero-order chi connectivity index (χ0) is 28.8. The average molecular weight is 594 g/mol. The normalized spacial score (nSPS) is 12.5. The Hall–Kier alpha value is -3.12. The van der Waals surface area contributed by atoms with Crippen LogP contribution < -0.4 is 10.1 Å². The summed E-state index contributed by atoms with van der Waals surface area (Å²) >= 11 is 3.60. The molecule has 208 valence electrons. The van der Waals surface area contributed by atoms with Crippen molar-refractivity contribution in [3.63, 3.8) is 0 Å². The van der Waals surface area contributed by atoms with E-state index in [1.807, 2.05) is 100 Å². The largest absolute Gasteiger partial charge is 0.483 e. The van der Waals surface area contributed by atoms with Gasteiger partial charge in [-0.15, -0.1) is 0 Å². The van der Waals surface area contributed by atoms with E-state index in [0.717, 1.165) is 26.7 Å². The Balaban J connectivity index is 1.93. The Bertz CT molecular complexity index is 1280. The van der Waals surface area contributed by atoms with Crippen molar-refractivity contribution in [2.45, 2.75) is 78.4 Å². The fourth-order valence-corrected chi connectivity index (χ4v) is 4.81. The van der Waals surface area contributed by atoms with Crippen molar-refractivity contribution in [1.82, 2.24) is 10.2 Å². The Morgan fingerprint density at radius 2 is 1.56 bits per heavy atom. The van der Waals surface area contributed by atoms with Crippen LogP contribution in [0.4, 0.5) is 0 Å². The molecular weight excluding hydrogens is 552 g/mol. The van der Waals surface area contributed by atoms with Gasteiger partial charge in [-0.1, -0.05) is 87.0 Å². The van der Waals surface area contributed by atoms with Gasteiger partial charge >= 0.3 is 0 Å². The van der Waals surface area contributed by atoms with Gasteiger partial charge < -0.3 is 15.0 Å². The first-order valence-electron chi connectivity index (χ1n) is 13.4. The Labute approximate surface area is 242 Å². The van der Waals surface area contributed by atoms with Crippen LogP contribution in [-0.4, -0.2) is 34.9 Å². The van der Waals surface area contributed by atoms with Crippen molar-refractivity contribution in [1.29, 1.82) is 0 Å². The van der Waals surface area contributed by atoms with E-state index < -0.39 is 11.6 Å². The molecule has 0 saturated carbocycles. The molecular formula is C33H41BrN2O3. The number of benzene rings is 3. The van der Waals surface area contributed by atoms with Crippen molar-refractivity contribution < 1.29 is 14.3 Å². The average Bonchev–Trinajstić information content (AvgIpc) is 2.84. The van der Waals surface area contributed by atoms with E-state index in [0.29, 0.717) is 18.7 Å². The van der Waals surface area contributed by atoms with Gasteiger partial charge in [0.05, 0.1) is 4.47 Å². The van der Waals surface area contributed by atoms with E-state index in [1.165, 1.54) is 0 Å². The first-order chi connectivity index (χ1) is 18.2. The highest BCUT2D eigenvalue weighted by Gasteiger charge is 2.32. The van der Waals surface area contributed by atoms with E-state index in [-0.39, 0.29) is 23.8 Å². The highest BCUT2D eigenvalue weighted by molar-refractivity contribution is 9.10. The monoisotopic (exact) mass is 592 g/mol. The van der Waals surface area contributed by atoms with Crippen molar-refractivity contribution in [2.24, 2.45) is 0 Å². The number of hydrogen-bond donors (Lipinski definition) is 1. The summed E-state index contributed by atoms with van der Waals surface area (Å²) in [7, 11) is 0. The minimum atomic E-state index is -0.713. The molecule has 0 fully saturated rings. The Kier molecular flexibility index (Phi) is 10.0. The molecule has 0 spiro atoms. The van der Waals surface area contributed by atoms with E-state index in [1.54, 1.807) is 4.90 Å². The Morgan fingerprint density at radius 3 is 2.15 bits per heavy atom. The van der Waals surface area contributed by atoms with Crippen LogP contribution in [0.25, 0.3) is 0 Å². The topological polar surface area (TPSA) is 58.6 Å². The molecule has 1 N–H and O–H groups in total. The molecule has 3 aromatic carbocycles. The quantitative estimate of drug-likeness (QED) is 0.291. The number of aryl methyl sites for hydroxylation is 1. The smallest absolute Gasteiger partial charge is 0.261 e. The number of rotatable bonds is 9. The van der Waals surface area contributed by atoms with Gasteiger partial charge in [0.1, 0.15) is 11.8 Å². The van der Waals surface area contributed by atoms with Gasteiger partial charge in [0.15, 0.2) is 6.61 Å². The fraction of sp³-hybridized carbons (Fsp3) is 0.394. The second-order valence-electron chi connectivity index (χ2n) is 12.1. The third kappa shape index (κ3) is 9.24. The van der Waals surface area contributed by atoms with Crippen molar-refractivity contribution in [2.75, 3.05) is 6.61 Å². The molecule has 0 aliphatic carbocycles. The summed E-state index contributed by atoms with van der Waals surface area (Å²) in [6, 6.07) is 23.0. The zero-order valence-electron chi connectivity index (χ0n) is 24.2. The zero-order valence-corrected chi connectivity index (χ0v) is 25.8. The van der Waals surface area contributed by atoms with Crippen LogP contribution in [-0.2, 0) is 28.0 Å². The summed E-state index contributed by atoms with van der Waals surface area (Å²) in [5, 5.41) is 3.09. The predicted molar refractivity (Wildman–Crippen MR) is 162 cm³/mol. The molecule has 1 atom stereocenters. The first kappa shape index (κ1) is 30.4. The van der Waals surface area contributed by atoms with Crippen LogP contribution >= 0.6 is 15.9 Å². The summed E-state index contributed by atoms with van der Waals surface area (Å²) in [6.07, 6.45) is 0.393. The van der Waals surface area contributed by atoms with Gasteiger partial charge in [0, 0.05) is 18.5 Å². The molecule has 0 unspecified atom stereocenters. The maximum Gasteiger partial charge on any atom is 0.261 e.